The molecule has 38 heavy (non-hydrogen) atoms. The highest BCUT2D eigenvalue weighted by Crippen LogP contribution is 2.39. The van der Waals surface area contributed by atoms with Gasteiger partial charge in [-0.05, 0) is 66.6 Å². The SMILES string of the molecule is COc1c(CBr)cc(-c2cc(CBr)c(Oc3ccc(C(=O)c4ccc(C)cc4)cc3)c(CBr)c2)cc1CBr. The van der Waals surface area contributed by atoms with Gasteiger partial charge < -0.3 is 9.47 Å². The van der Waals surface area contributed by atoms with Crippen LogP contribution in [-0.2, 0) is 21.3 Å². The van der Waals surface area contributed by atoms with Crippen LogP contribution in [0, 0.1) is 6.92 Å². The van der Waals surface area contributed by atoms with Crippen molar-refractivity contribution in [3.63, 3.8) is 0 Å². The first-order chi connectivity index (χ1) is 18.4. The summed E-state index contributed by atoms with van der Waals surface area (Å²) in [5.74, 6) is 2.37. The Morgan fingerprint density at radius 3 is 1.42 bits per heavy atom. The standard InChI is InChI=1S/C31H26Br4O3/c1-19-3-5-20(6-4-19)29(36)21-7-9-28(10-8-21)38-31-26(17-34)13-23(14-27(31)18-35)22-11-24(15-32)30(37-2)25(12-22)16-33/h3-14H,15-18H2,1-2H3. The molecule has 0 N–H and O–H groups in total. The second-order valence-electron chi connectivity index (χ2n) is 8.81. The lowest BCUT2D eigenvalue weighted by Gasteiger charge is -2.18. The predicted molar refractivity (Wildman–Crippen MR) is 170 cm³/mol. The number of rotatable bonds is 10. The Morgan fingerprint density at radius 2 is 1.03 bits per heavy atom. The maximum atomic E-state index is 12.9. The third-order valence-electron chi connectivity index (χ3n) is 6.25. The summed E-state index contributed by atoms with van der Waals surface area (Å²) in [7, 11) is 1.70. The molecule has 4 aromatic rings. The fourth-order valence-corrected chi connectivity index (χ4v) is 5.96. The number of benzene rings is 4. The van der Waals surface area contributed by atoms with E-state index in [-0.39, 0.29) is 5.78 Å². The van der Waals surface area contributed by atoms with Gasteiger partial charge in [-0.25, -0.2) is 0 Å². The number of carbonyl (C=O) groups excluding carboxylic acids is 1. The topological polar surface area (TPSA) is 35.5 Å². The van der Waals surface area contributed by atoms with Crippen molar-refractivity contribution in [1.82, 2.24) is 0 Å². The first-order valence-electron chi connectivity index (χ1n) is 11.9. The summed E-state index contributed by atoms with van der Waals surface area (Å²) in [6.45, 7) is 2.01. The minimum Gasteiger partial charge on any atom is -0.496 e. The van der Waals surface area contributed by atoms with Crippen LogP contribution < -0.4 is 9.47 Å². The van der Waals surface area contributed by atoms with Crippen LogP contribution >= 0.6 is 63.7 Å². The molecule has 7 heteroatoms. The Hall–Kier alpha value is -1.93. The van der Waals surface area contributed by atoms with Crippen molar-refractivity contribution in [3.8, 4) is 28.4 Å². The Morgan fingerprint density at radius 1 is 0.632 bits per heavy atom. The predicted octanol–water partition coefficient (Wildman–Crippen LogP) is 10.3. The smallest absolute Gasteiger partial charge is 0.193 e. The summed E-state index contributed by atoms with van der Waals surface area (Å²) in [5, 5.41) is 2.66. The van der Waals surface area contributed by atoms with E-state index in [4.69, 9.17) is 9.47 Å². The van der Waals surface area contributed by atoms with Gasteiger partial charge in [0.05, 0.1) is 7.11 Å². The van der Waals surface area contributed by atoms with E-state index in [0.717, 1.165) is 50.4 Å². The van der Waals surface area contributed by atoms with Crippen LogP contribution in [0.4, 0.5) is 0 Å². The number of methoxy groups -OCH3 is 1. The fourth-order valence-electron chi connectivity index (χ4n) is 4.30. The van der Waals surface area contributed by atoms with E-state index in [9.17, 15) is 4.79 Å². The molecule has 0 heterocycles. The van der Waals surface area contributed by atoms with Crippen LogP contribution in [0.15, 0.2) is 72.8 Å². The second kappa shape index (κ2) is 13.4. The van der Waals surface area contributed by atoms with Crippen molar-refractivity contribution in [2.24, 2.45) is 0 Å². The molecule has 0 aliphatic rings. The first kappa shape index (κ1) is 29.1. The number of halogens is 4. The van der Waals surface area contributed by atoms with Crippen molar-refractivity contribution >= 4 is 69.5 Å². The van der Waals surface area contributed by atoms with Crippen LogP contribution in [0.3, 0.4) is 0 Å². The lowest BCUT2D eigenvalue weighted by atomic mass is 9.96. The lowest BCUT2D eigenvalue weighted by molar-refractivity contribution is 0.103. The Labute approximate surface area is 257 Å². The number of alkyl halides is 4. The van der Waals surface area contributed by atoms with Crippen molar-refractivity contribution in [1.29, 1.82) is 0 Å². The zero-order valence-electron chi connectivity index (χ0n) is 21.0. The third kappa shape index (κ3) is 6.44. The molecule has 3 nitrogen and oxygen atoms in total. The van der Waals surface area contributed by atoms with Gasteiger partial charge in [0.2, 0.25) is 0 Å². The Bertz CT molecular complexity index is 1380. The number of hydrogen-bond donors (Lipinski definition) is 0. The quantitative estimate of drug-likeness (QED) is 0.119. The first-order valence-corrected chi connectivity index (χ1v) is 16.4. The summed E-state index contributed by atoms with van der Waals surface area (Å²) in [5.41, 5.74) is 8.91. The highest BCUT2D eigenvalue weighted by molar-refractivity contribution is 9.09. The molecule has 0 aromatic heterocycles. The van der Waals surface area contributed by atoms with Gasteiger partial charge in [-0.15, -0.1) is 0 Å². The van der Waals surface area contributed by atoms with Gasteiger partial charge in [0.1, 0.15) is 17.2 Å². The van der Waals surface area contributed by atoms with Gasteiger partial charge in [-0.2, -0.15) is 0 Å². The monoisotopic (exact) mass is 762 g/mol. The molecule has 0 fully saturated rings. The van der Waals surface area contributed by atoms with Crippen molar-refractivity contribution in [2.45, 2.75) is 28.2 Å². The molecule has 0 atom stereocenters. The maximum absolute atomic E-state index is 12.9. The van der Waals surface area contributed by atoms with E-state index in [0.29, 0.717) is 38.2 Å². The summed E-state index contributed by atoms with van der Waals surface area (Å²) in [4.78, 5) is 12.9. The van der Waals surface area contributed by atoms with Crippen LogP contribution in [0.2, 0.25) is 0 Å². The lowest BCUT2D eigenvalue weighted by Crippen LogP contribution is -2.01. The normalized spacial score (nSPS) is 10.9. The third-order valence-corrected chi connectivity index (χ3v) is 8.67. The second-order valence-corrected chi connectivity index (χ2v) is 11.1. The molecule has 0 unspecified atom stereocenters. The summed E-state index contributed by atoms with van der Waals surface area (Å²) >= 11 is 14.5. The number of hydrogen-bond acceptors (Lipinski definition) is 3. The van der Waals surface area contributed by atoms with Gasteiger partial charge in [0, 0.05) is 54.7 Å². The molecule has 0 radical (unpaired) electrons. The highest BCUT2D eigenvalue weighted by Gasteiger charge is 2.17. The minimum atomic E-state index is -0.00612. The van der Waals surface area contributed by atoms with Crippen LogP contribution in [0.5, 0.6) is 17.2 Å². The summed E-state index contributed by atoms with van der Waals surface area (Å²) in [6.07, 6.45) is 0. The van der Waals surface area contributed by atoms with Crippen LogP contribution in [0.1, 0.15) is 43.7 Å². The number of aryl methyl sites for hydroxylation is 1. The summed E-state index contributed by atoms with van der Waals surface area (Å²) in [6, 6.07) is 23.6. The minimum absolute atomic E-state index is 0.00612. The molecule has 4 rings (SSSR count). The molecular formula is C31H26Br4O3. The van der Waals surface area contributed by atoms with Gasteiger partial charge >= 0.3 is 0 Å². The zero-order chi connectivity index (χ0) is 27.2. The molecule has 0 amide bonds. The molecular weight excluding hydrogens is 740 g/mol. The Balaban J connectivity index is 1.66. The van der Waals surface area contributed by atoms with E-state index in [2.05, 4.69) is 88.0 Å². The number of carbonyl (C=O) groups is 1. The molecule has 196 valence electrons. The average molecular weight is 766 g/mol. The molecule has 0 spiro atoms. The molecule has 0 saturated carbocycles. The number of ether oxygens (including phenoxy) is 2. The van der Waals surface area contributed by atoms with E-state index in [1.54, 1.807) is 7.11 Å². The van der Waals surface area contributed by atoms with E-state index >= 15 is 0 Å². The Kier molecular flexibility index (Phi) is 10.3. The van der Waals surface area contributed by atoms with Crippen LogP contribution in [0.25, 0.3) is 11.1 Å². The van der Waals surface area contributed by atoms with Crippen molar-refractivity contribution in [2.75, 3.05) is 7.11 Å². The van der Waals surface area contributed by atoms with Gasteiger partial charge in [0.25, 0.3) is 0 Å². The fraction of sp³-hybridized carbons (Fsp3) is 0.194. The van der Waals surface area contributed by atoms with Crippen LogP contribution in [-0.4, -0.2) is 12.9 Å². The van der Waals surface area contributed by atoms with Crippen molar-refractivity contribution in [3.05, 3.63) is 112 Å². The molecule has 0 aliphatic heterocycles. The number of ketones is 1. The molecule has 0 bridgehead atoms. The van der Waals surface area contributed by atoms with Gasteiger partial charge in [-0.3, -0.25) is 4.79 Å². The van der Waals surface area contributed by atoms with E-state index < -0.39 is 0 Å². The largest absolute Gasteiger partial charge is 0.496 e. The molecule has 4 aromatic carbocycles. The van der Waals surface area contributed by atoms with E-state index in [1.165, 1.54) is 0 Å². The summed E-state index contributed by atoms with van der Waals surface area (Å²) < 4.78 is 12.1. The van der Waals surface area contributed by atoms with Gasteiger partial charge in [-0.1, -0.05) is 93.5 Å². The van der Waals surface area contributed by atoms with E-state index in [1.807, 2.05) is 55.5 Å². The van der Waals surface area contributed by atoms with Crippen molar-refractivity contribution < 1.29 is 14.3 Å². The van der Waals surface area contributed by atoms with Gasteiger partial charge in [0.15, 0.2) is 5.78 Å². The highest BCUT2D eigenvalue weighted by atomic mass is 79.9. The average Bonchev–Trinajstić information content (AvgIpc) is 2.96. The zero-order valence-corrected chi connectivity index (χ0v) is 27.3. The maximum Gasteiger partial charge on any atom is 0.193 e. The molecule has 0 aliphatic carbocycles. The molecule has 0 saturated heterocycles.